The number of rotatable bonds is 3. The number of amides is 1. The van der Waals surface area contributed by atoms with E-state index < -0.39 is 0 Å². The second-order valence-corrected chi connectivity index (χ2v) is 8.22. The summed E-state index contributed by atoms with van der Waals surface area (Å²) >= 11 is 1.55. The van der Waals surface area contributed by atoms with Gasteiger partial charge in [-0.2, -0.15) is 0 Å². The molecular weight excluding hydrogens is 360 g/mol. The molecular formula is C20H20N4O2S. The molecule has 7 heteroatoms. The van der Waals surface area contributed by atoms with Crippen molar-refractivity contribution < 1.29 is 4.79 Å². The normalized spacial score (nSPS) is 21.1. The predicted molar refractivity (Wildman–Crippen MR) is 103 cm³/mol. The first kappa shape index (κ1) is 16.5. The van der Waals surface area contributed by atoms with Crippen LogP contribution < -0.4 is 5.56 Å². The monoisotopic (exact) mass is 380 g/mol. The second-order valence-electron chi connectivity index (χ2n) is 7.39. The number of carbonyl (C=O) groups excluding carboxylic acids is 1. The van der Waals surface area contributed by atoms with Crippen LogP contribution in [-0.4, -0.2) is 38.0 Å². The van der Waals surface area contributed by atoms with Crippen LogP contribution >= 0.6 is 11.3 Å². The van der Waals surface area contributed by atoms with Gasteiger partial charge in [0.05, 0.1) is 12.1 Å². The maximum Gasteiger partial charge on any atom is 0.250 e. The van der Waals surface area contributed by atoms with E-state index in [2.05, 4.69) is 4.98 Å². The third-order valence-corrected chi connectivity index (χ3v) is 6.43. The number of fused-ring (bicyclic) bond motifs is 4. The third-order valence-electron chi connectivity index (χ3n) is 5.53. The SMILES string of the molecule is O=C(Cc1csc(-n2cccc2)n1)N1C[C@@H]2C[C@H](C1)c1cccc(=O)n1C2. The van der Waals surface area contributed by atoms with Crippen LogP contribution in [0, 0.1) is 5.92 Å². The largest absolute Gasteiger partial charge is 0.341 e. The lowest BCUT2D eigenvalue weighted by Crippen LogP contribution is -2.49. The molecule has 0 saturated carbocycles. The van der Waals surface area contributed by atoms with Crippen LogP contribution in [0.5, 0.6) is 0 Å². The van der Waals surface area contributed by atoms with Gasteiger partial charge < -0.3 is 14.0 Å². The summed E-state index contributed by atoms with van der Waals surface area (Å²) in [4.78, 5) is 31.6. The van der Waals surface area contributed by atoms with E-state index in [1.165, 1.54) is 0 Å². The van der Waals surface area contributed by atoms with Gasteiger partial charge in [-0.15, -0.1) is 11.3 Å². The molecule has 0 aromatic carbocycles. The van der Waals surface area contributed by atoms with E-state index in [9.17, 15) is 9.59 Å². The molecule has 2 aliphatic rings. The highest BCUT2D eigenvalue weighted by Gasteiger charge is 2.36. The van der Waals surface area contributed by atoms with Crippen molar-refractivity contribution in [2.75, 3.05) is 13.1 Å². The molecule has 1 saturated heterocycles. The summed E-state index contributed by atoms with van der Waals surface area (Å²) in [5.74, 6) is 0.730. The highest BCUT2D eigenvalue weighted by Crippen LogP contribution is 2.35. The van der Waals surface area contributed by atoms with Gasteiger partial charge in [0.2, 0.25) is 5.91 Å². The van der Waals surface area contributed by atoms with Crippen molar-refractivity contribution in [3.8, 4) is 5.13 Å². The Morgan fingerprint density at radius 2 is 2.00 bits per heavy atom. The number of carbonyl (C=O) groups is 1. The van der Waals surface area contributed by atoms with Crippen LogP contribution in [0.1, 0.15) is 23.7 Å². The lowest BCUT2D eigenvalue weighted by atomic mass is 9.83. The van der Waals surface area contributed by atoms with E-state index in [0.717, 1.165) is 29.5 Å². The molecule has 138 valence electrons. The molecule has 5 heterocycles. The molecule has 2 atom stereocenters. The number of hydrogen-bond acceptors (Lipinski definition) is 4. The highest BCUT2D eigenvalue weighted by atomic mass is 32.1. The molecule has 27 heavy (non-hydrogen) atoms. The van der Waals surface area contributed by atoms with E-state index in [1.54, 1.807) is 17.4 Å². The van der Waals surface area contributed by atoms with Crippen molar-refractivity contribution in [3.05, 3.63) is 69.8 Å². The molecule has 0 N–H and O–H groups in total. The zero-order valence-electron chi connectivity index (χ0n) is 14.8. The van der Waals surface area contributed by atoms with Gasteiger partial charge in [0, 0.05) is 55.1 Å². The number of piperidine rings is 1. The molecule has 3 aromatic rings. The molecule has 0 aliphatic carbocycles. The minimum absolute atomic E-state index is 0.0713. The Morgan fingerprint density at radius 3 is 2.85 bits per heavy atom. The lowest BCUT2D eigenvalue weighted by molar-refractivity contribution is -0.133. The van der Waals surface area contributed by atoms with Crippen LogP contribution in [0.25, 0.3) is 5.13 Å². The van der Waals surface area contributed by atoms with E-state index in [4.69, 9.17) is 0 Å². The number of thiazole rings is 1. The third kappa shape index (κ3) is 3.02. The Morgan fingerprint density at radius 1 is 1.15 bits per heavy atom. The maximum absolute atomic E-state index is 12.9. The van der Waals surface area contributed by atoms with Crippen molar-refractivity contribution in [2.24, 2.45) is 5.92 Å². The second kappa shape index (κ2) is 6.49. The smallest absolute Gasteiger partial charge is 0.250 e. The Kier molecular flexibility index (Phi) is 3.97. The summed E-state index contributed by atoms with van der Waals surface area (Å²) in [5, 5.41) is 2.85. The lowest BCUT2D eigenvalue weighted by Gasteiger charge is -2.42. The predicted octanol–water partition coefficient (Wildman–Crippen LogP) is 2.28. The topological polar surface area (TPSA) is 60.1 Å². The molecule has 6 nitrogen and oxygen atoms in total. The zero-order valence-corrected chi connectivity index (χ0v) is 15.6. The van der Waals surface area contributed by atoms with Gasteiger partial charge in [0.1, 0.15) is 0 Å². The molecule has 0 radical (unpaired) electrons. The molecule has 3 aromatic heterocycles. The van der Waals surface area contributed by atoms with Crippen LogP contribution in [0.15, 0.2) is 52.9 Å². The summed E-state index contributed by atoms with van der Waals surface area (Å²) in [7, 11) is 0. The first-order valence-electron chi connectivity index (χ1n) is 9.22. The summed E-state index contributed by atoms with van der Waals surface area (Å²) in [5.41, 5.74) is 1.96. The van der Waals surface area contributed by atoms with Gasteiger partial charge in [0.15, 0.2) is 5.13 Å². The van der Waals surface area contributed by atoms with Gasteiger partial charge in [-0.05, 0) is 30.5 Å². The number of likely N-dealkylation sites (tertiary alicyclic amines) is 1. The van der Waals surface area contributed by atoms with Gasteiger partial charge in [-0.1, -0.05) is 6.07 Å². The number of pyridine rings is 1. The van der Waals surface area contributed by atoms with Crippen molar-refractivity contribution in [2.45, 2.75) is 25.3 Å². The van der Waals surface area contributed by atoms with Crippen molar-refractivity contribution in [1.29, 1.82) is 0 Å². The van der Waals surface area contributed by atoms with Crippen molar-refractivity contribution in [1.82, 2.24) is 19.0 Å². The fraction of sp³-hybridized carbons (Fsp3) is 0.350. The molecule has 2 bridgehead atoms. The Labute approximate surface area is 160 Å². The van der Waals surface area contributed by atoms with Crippen LogP contribution in [0.3, 0.4) is 0 Å². The summed E-state index contributed by atoms with van der Waals surface area (Å²) in [6.45, 7) is 2.13. The van der Waals surface area contributed by atoms with E-state index in [-0.39, 0.29) is 17.4 Å². The fourth-order valence-electron chi connectivity index (χ4n) is 4.32. The van der Waals surface area contributed by atoms with E-state index >= 15 is 0 Å². The van der Waals surface area contributed by atoms with Gasteiger partial charge >= 0.3 is 0 Å². The molecule has 1 fully saturated rings. The minimum Gasteiger partial charge on any atom is -0.341 e. The first-order valence-corrected chi connectivity index (χ1v) is 10.1. The first-order chi connectivity index (χ1) is 13.2. The van der Waals surface area contributed by atoms with Gasteiger partial charge in [-0.25, -0.2) is 4.98 Å². The molecule has 0 unspecified atom stereocenters. The molecule has 0 spiro atoms. The Hall–Kier alpha value is -2.67. The highest BCUT2D eigenvalue weighted by molar-refractivity contribution is 7.12. The summed E-state index contributed by atoms with van der Waals surface area (Å²) < 4.78 is 3.85. The van der Waals surface area contributed by atoms with E-state index in [0.29, 0.717) is 25.4 Å². The van der Waals surface area contributed by atoms with Crippen LogP contribution in [0.2, 0.25) is 0 Å². The average molecular weight is 380 g/mol. The minimum atomic E-state index is 0.0713. The number of hydrogen-bond donors (Lipinski definition) is 0. The Balaban J connectivity index is 1.32. The maximum atomic E-state index is 12.9. The zero-order chi connectivity index (χ0) is 18.4. The quantitative estimate of drug-likeness (QED) is 0.700. The van der Waals surface area contributed by atoms with E-state index in [1.807, 2.05) is 56.1 Å². The molecule has 5 rings (SSSR count). The van der Waals surface area contributed by atoms with Gasteiger partial charge in [-0.3, -0.25) is 9.59 Å². The summed E-state index contributed by atoms with van der Waals surface area (Å²) in [6.07, 6.45) is 5.30. The van der Waals surface area contributed by atoms with Gasteiger partial charge in [0.25, 0.3) is 5.56 Å². The summed E-state index contributed by atoms with van der Waals surface area (Å²) in [6, 6.07) is 9.40. The van der Waals surface area contributed by atoms with Crippen LogP contribution in [-0.2, 0) is 17.8 Å². The van der Waals surface area contributed by atoms with Crippen molar-refractivity contribution >= 4 is 17.2 Å². The Bertz CT molecular complexity index is 1040. The standard InChI is InChI=1S/C20H20N4O2S/c25-18-5-3-4-17-15-8-14(11-24(17)18)10-23(12-15)19(26)9-16-13-27-20(21-16)22-6-1-2-7-22/h1-7,13-15H,8-12H2/t14-,15+/m0/s1. The number of aromatic nitrogens is 3. The number of nitrogens with zero attached hydrogens (tertiary/aromatic N) is 4. The fourth-order valence-corrected chi connectivity index (χ4v) is 5.12. The molecule has 1 amide bonds. The van der Waals surface area contributed by atoms with Crippen LogP contribution in [0.4, 0.5) is 0 Å². The van der Waals surface area contributed by atoms with Crippen molar-refractivity contribution in [3.63, 3.8) is 0 Å². The molecule has 2 aliphatic heterocycles. The average Bonchev–Trinajstić information content (AvgIpc) is 3.34.